The van der Waals surface area contributed by atoms with E-state index in [4.69, 9.17) is 14.2 Å². The van der Waals surface area contributed by atoms with Gasteiger partial charge in [-0.2, -0.15) is 0 Å². The van der Waals surface area contributed by atoms with Gasteiger partial charge in [0.15, 0.2) is 12.7 Å². The molecule has 0 unspecified atom stereocenters. The molecule has 28 heavy (non-hydrogen) atoms. The Bertz CT molecular complexity index is 836. The fourth-order valence-electron chi connectivity index (χ4n) is 2.20. The number of ether oxygens (including phenoxy) is 3. The fourth-order valence-corrected chi connectivity index (χ4v) is 2.20. The Morgan fingerprint density at radius 1 is 1.07 bits per heavy atom. The van der Waals surface area contributed by atoms with Crippen LogP contribution in [0.25, 0.3) is 0 Å². The van der Waals surface area contributed by atoms with Crippen LogP contribution in [-0.4, -0.2) is 36.1 Å². The number of carbonyl (C=O) groups excluding carboxylic acids is 2. The van der Waals surface area contributed by atoms with Crippen LogP contribution in [0.5, 0.6) is 11.5 Å². The largest absolute Gasteiger partial charge is 0.494 e. The van der Waals surface area contributed by atoms with E-state index in [0.29, 0.717) is 18.1 Å². The molecule has 1 N–H and O–H groups in total. The predicted molar refractivity (Wildman–Crippen MR) is 100 cm³/mol. The van der Waals surface area contributed by atoms with Crippen molar-refractivity contribution in [1.29, 1.82) is 0 Å². The summed E-state index contributed by atoms with van der Waals surface area (Å²) in [6, 6.07) is 12.4. The standard InChI is InChI=1S/C19H20N2O7/c1-3-26-14-8-10-15(11-9-14)27-12-18(22)28-13(2)19(23)20-16-6-4-5-7-17(16)21(24)25/h4-11,13H,3,12H2,1-2H3,(H,20,23)/t13-/m0/s1. The average molecular weight is 388 g/mol. The molecular formula is C19H20N2O7. The van der Waals surface area contributed by atoms with E-state index in [-0.39, 0.29) is 11.4 Å². The summed E-state index contributed by atoms with van der Waals surface area (Å²) in [6.07, 6.45) is -1.16. The molecule has 0 saturated carbocycles. The molecule has 0 radical (unpaired) electrons. The van der Waals surface area contributed by atoms with Gasteiger partial charge in [-0.3, -0.25) is 14.9 Å². The van der Waals surface area contributed by atoms with Gasteiger partial charge in [-0.25, -0.2) is 4.79 Å². The molecular weight excluding hydrogens is 368 g/mol. The third kappa shape index (κ3) is 5.97. The zero-order valence-electron chi connectivity index (χ0n) is 15.4. The maximum atomic E-state index is 12.1. The third-order valence-corrected chi connectivity index (χ3v) is 3.53. The van der Waals surface area contributed by atoms with Gasteiger partial charge in [0.1, 0.15) is 17.2 Å². The topological polar surface area (TPSA) is 117 Å². The second-order valence-corrected chi connectivity index (χ2v) is 5.59. The zero-order chi connectivity index (χ0) is 20.5. The van der Waals surface area contributed by atoms with Gasteiger partial charge >= 0.3 is 5.97 Å². The molecule has 0 aliphatic heterocycles. The number of para-hydroxylation sites is 2. The normalized spacial score (nSPS) is 11.2. The lowest BCUT2D eigenvalue weighted by Gasteiger charge is -2.14. The number of hydrogen-bond donors (Lipinski definition) is 1. The minimum atomic E-state index is -1.16. The van der Waals surface area contributed by atoms with E-state index in [1.165, 1.54) is 25.1 Å². The first-order valence-electron chi connectivity index (χ1n) is 8.50. The molecule has 9 heteroatoms. The SMILES string of the molecule is CCOc1ccc(OCC(=O)O[C@@H](C)C(=O)Nc2ccccc2[N+](=O)[O-])cc1. The van der Waals surface area contributed by atoms with Gasteiger partial charge in [0, 0.05) is 6.07 Å². The Balaban J connectivity index is 1.84. The average Bonchev–Trinajstić information content (AvgIpc) is 2.68. The van der Waals surface area contributed by atoms with Crippen molar-refractivity contribution in [2.45, 2.75) is 20.0 Å². The zero-order valence-corrected chi connectivity index (χ0v) is 15.4. The lowest BCUT2D eigenvalue weighted by molar-refractivity contribution is -0.383. The summed E-state index contributed by atoms with van der Waals surface area (Å²) in [7, 11) is 0. The van der Waals surface area contributed by atoms with Crippen molar-refractivity contribution < 1.29 is 28.7 Å². The number of nitrogens with one attached hydrogen (secondary N) is 1. The maximum Gasteiger partial charge on any atom is 0.344 e. The highest BCUT2D eigenvalue weighted by Crippen LogP contribution is 2.23. The third-order valence-electron chi connectivity index (χ3n) is 3.53. The second kappa shape index (κ2) is 9.91. The Labute approximate surface area is 161 Å². The van der Waals surface area contributed by atoms with Gasteiger partial charge in [0.2, 0.25) is 0 Å². The molecule has 9 nitrogen and oxygen atoms in total. The smallest absolute Gasteiger partial charge is 0.344 e. The van der Waals surface area contributed by atoms with Crippen molar-refractivity contribution in [2.24, 2.45) is 0 Å². The molecule has 2 rings (SSSR count). The minimum Gasteiger partial charge on any atom is -0.494 e. The summed E-state index contributed by atoms with van der Waals surface area (Å²) in [4.78, 5) is 34.4. The second-order valence-electron chi connectivity index (χ2n) is 5.59. The van der Waals surface area contributed by atoms with Crippen LogP contribution < -0.4 is 14.8 Å². The minimum absolute atomic E-state index is 0.0195. The van der Waals surface area contributed by atoms with E-state index in [1.807, 2.05) is 6.92 Å². The molecule has 0 saturated heterocycles. The molecule has 2 aromatic rings. The molecule has 0 aromatic heterocycles. The van der Waals surface area contributed by atoms with Crippen molar-refractivity contribution in [2.75, 3.05) is 18.5 Å². The van der Waals surface area contributed by atoms with Crippen molar-refractivity contribution in [1.82, 2.24) is 0 Å². The monoisotopic (exact) mass is 388 g/mol. The van der Waals surface area contributed by atoms with E-state index >= 15 is 0 Å². The highest BCUT2D eigenvalue weighted by atomic mass is 16.6. The number of carbonyl (C=O) groups is 2. The Morgan fingerprint density at radius 3 is 2.29 bits per heavy atom. The van der Waals surface area contributed by atoms with Crippen LogP contribution in [0.3, 0.4) is 0 Å². The fraction of sp³-hybridized carbons (Fsp3) is 0.263. The van der Waals surface area contributed by atoms with Crippen LogP contribution in [0, 0.1) is 10.1 Å². The number of benzene rings is 2. The number of nitrogens with zero attached hydrogens (tertiary/aromatic N) is 1. The van der Waals surface area contributed by atoms with Gasteiger partial charge in [-0.15, -0.1) is 0 Å². The number of esters is 1. The number of amides is 1. The number of hydrogen-bond acceptors (Lipinski definition) is 7. The lowest BCUT2D eigenvalue weighted by Crippen LogP contribution is -2.31. The molecule has 0 spiro atoms. The molecule has 0 heterocycles. The number of nitro groups is 1. The number of rotatable bonds is 9. The summed E-state index contributed by atoms with van der Waals surface area (Å²) < 4.78 is 15.6. The molecule has 0 fully saturated rings. The maximum absolute atomic E-state index is 12.1. The molecule has 148 valence electrons. The van der Waals surface area contributed by atoms with Gasteiger partial charge < -0.3 is 19.5 Å². The van der Waals surface area contributed by atoms with E-state index in [2.05, 4.69) is 5.32 Å². The van der Waals surface area contributed by atoms with Crippen LogP contribution in [-0.2, 0) is 14.3 Å². The van der Waals surface area contributed by atoms with E-state index in [1.54, 1.807) is 30.3 Å². The van der Waals surface area contributed by atoms with Crippen molar-refractivity contribution >= 4 is 23.3 Å². The van der Waals surface area contributed by atoms with E-state index < -0.39 is 29.5 Å². The predicted octanol–water partition coefficient (Wildman–Crippen LogP) is 2.94. The molecule has 2 aromatic carbocycles. The molecule has 1 atom stereocenters. The van der Waals surface area contributed by atoms with Crippen LogP contribution in [0.2, 0.25) is 0 Å². The van der Waals surface area contributed by atoms with Crippen molar-refractivity contribution in [3.05, 3.63) is 58.6 Å². The Morgan fingerprint density at radius 2 is 1.68 bits per heavy atom. The van der Waals surface area contributed by atoms with Crippen LogP contribution >= 0.6 is 0 Å². The molecule has 0 aliphatic rings. The van der Waals surface area contributed by atoms with Crippen LogP contribution in [0.1, 0.15) is 13.8 Å². The van der Waals surface area contributed by atoms with Gasteiger partial charge in [-0.1, -0.05) is 12.1 Å². The molecule has 0 bridgehead atoms. The quantitative estimate of drug-likeness (QED) is 0.399. The Kier molecular flexibility index (Phi) is 7.32. The number of nitro benzene ring substituents is 1. The lowest BCUT2D eigenvalue weighted by atomic mass is 10.2. The summed E-state index contributed by atoms with van der Waals surface area (Å²) >= 11 is 0. The van der Waals surface area contributed by atoms with Gasteiger partial charge in [0.25, 0.3) is 11.6 Å². The summed E-state index contributed by atoms with van der Waals surface area (Å²) in [5, 5.41) is 13.3. The molecule has 1 amide bonds. The van der Waals surface area contributed by atoms with Crippen molar-refractivity contribution in [3.8, 4) is 11.5 Å². The summed E-state index contributed by atoms with van der Waals surface area (Å²) in [5.41, 5.74) is -0.237. The highest BCUT2D eigenvalue weighted by Gasteiger charge is 2.21. The first-order valence-corrected chi connectivity index (χ1v) is 8.50. The highest BCUT2D eigenvalue weighted by molar-refractivity contribution is 5.96. The molecule has 0 aliphatic carbocycles. The van der Waals surface area contributed by atoms with Crippen LogP contribution in [0.15, 0.2) is 48.5 Å². The van der Waals surface area contributed by atoms with Gasteiger partial charge in [0.05, 0.1) is 11.5 Å². The van der Waals surface area contributed by atoms with Gasteiger partial charge in [-0.05, 0) is 44.2 Å². The van der Waals surface area contributed by atoms with Crippen LogP contribution in [0.4, 0.5) is 11.4 Å². The van der Waals surface area contributed by atoms with E-state index in [0.717, 1.165) is 0 Å². The first kappa shape index (κ1) is 20.7. The summed E-state index contributed by atoms with van der Waals surface area (Å²) in [6.45, 7) is 3.38. The first-order chi connectivity index (χ1) is 13.4. The Hall–Kier alpha value is -3.62. The van der Waals surface area contributed by atoms with E-state index in [9.17, 15) is 19.7 Å². The summed E-state index contributed by atoms with van der Waals surface area (Å²) in [5.74, 6) is -0.321. The number of anilines is 1. The van der Waals surface area contributed by atoms with Crippen molar-refractivity contribution in [3.63, 3.8) is 0 Å².